The summed E-state index contributed by atoms with van der Waals surface area (Å²) in [6, 6.07) is 24.8. The standard InChI is InChI=1S/C23H20N2O3/c1-27-21-10-7-16-13-17(23(26)25-22(16)14-21)15-24-18-8-11-20(12-9-18)28-19-5-3-2-4-6-19/h2-14,24H,15H2,1H3,(H,25,26). The molecule has 0 aliphatic heterocycles. The number of nitrogens with one attached hydrogen (secondary N) is 2. The summed E-state index contributed by atoms with van der Waals surface area (Å²) < 4.78 is 11.0. The van der Waals surface area contributed by atoms with Gasteiger partial charge in [0.05, 0.1) is 12.6 Å². The number of hydrogen-bond acceptors (Lipinski definition) is 4. The normalized spacial score (nSPS) is 10.6. The monoisotopic (exact) mass is 372 g/mol. The third-order valence-electron chi connectivity index (χ3n) is 4.45. The topological polar surface area (TPSA) is 63.4 Å². The Bertz CT molecular complexity index is 1140. The van der Waals surface area contributed by atoms with Crippen molar-refractivity contribution in [1.82, 2.24) is 4.98 Å². The van der Waals surface area contributed by atoms with Gasteiger partial charge in [-0.25, -0.2) is 0 Å². The van der Waals surface area contributed by atoms with E-state index in [1.165, 1.54) is 0 Å². The Hall–Kier alpha value is -3.73. The van der Waals surface area contributed by atoms with E-state index < -0.39 is 0 Å². The SMILES string of the molecule is COc1ccc2cc(CNc3ccc(Oc4ccccc4)cc3)c(=O)[nH]c2c1. The van der Waals surface area contributed by atoms with Crippen molar-refractivity contribution in [3.8, 4) is 17.2 Å². The first kappa shape index (κ1) is 17.7. The molecule has 3 aromatic carbocycles. The van der Waals surface area contributed by atoms with Gasteiger partial charge in [-0.2, -0.15) is 0 Å². The molecule has 1 heterocycles. The van der Waals surface area contributed by atoms with Gasteiger partial charge in [0.1, 0.15) is 17.2 Å². The van der Waals surface area contributed by atoms with E-state index in [4.69, 9.17) is 9.47 Å². The molecule has 0 saturated carbocycles. The zero-order chi connectivity index (χ0) is 19.3. The molecule has 140 valence electrons. The van der Waals surface area contributed by atoms with Gasteiger partial charge in [-0.15, -0.1) is 0 Å². The molecule has 0 aliphatic carbocycles. The van der Waals surface area contributed by atoms with Crippen molar-refractivity contribution in [2.24, 2.45) is 0 Å². The summed E-state index contributed by atoms with van der Waals surface area (Å²) in [5.41, 5.74) is 2.23. The van der Waals surface area contributed by atoms with Gasteiger partial charge in [0.25, 0.3) is 5.56 Å². The average molecular weight is 372 g/mol. The summed E-state index contributed by atoms with van der Waals surface area (Å²) in [7, 11) is 1.60. The average Bonchev–Trinajstić information content (AvgIpc) is 2.73. The van der Waals surface area contributed by atoms with Crippen molar-refractivity contribution in [2.45, 2.75) is 6.54 Å². The minimum absolute atomic E-state index is 0.114. The lowest BCUT2D eigenvalue weighted by atomic mass is 10.1. The van der Waals surface area contributed by atoms with Gasteiger partial charge in [0.2, 0.25) is 0 Å². The molecule has 2 N–H and O–H groups in total. The van der Waals surface area contributed by atoms with Crippen LogP contribution in [-0.2, 0) is 6.54 Å². The molecule has 0 aliphatic rings. The second-order valence-electron chi connectivity index (χ2n) is 6.37. The van der Waals surface area contributed by atoms with Crippen LogP contribution in [0.25, 0.3) is 10.9 Å². The van der Waals surface area contributed by atoms with Crippen LogP contribution in [-0.4, -0.2) is 12.1 Å². The predicted molar refractivity (Wildman–Crippen MR) is 111 cm³/mol. The summed E-state index contributed by atoms with van der Waals surface area (Å²) in [4.78, 5) is 15.3. The molecular weight excluding hydrogens is 352 g/mol. The van der Waals surface area contributed by atoms with Crippen LogP contribution in [0.5, 0.6) is 17.2 Å². The number of aromatic amines is 1. The minimum Gasteiger partial charge on any atom is -0.497 e. The van der Waals surface area contributed by atoms with E-state index in [9.17, 15) is 4.79 Å². The number of fused-ring (bicyclic) bond motifs is 1. The van der Waals surface area contributed by atoms with Gasteiger partial charge in [-0.05, 0) is 60.0 Å². The van der Waals surface area contributed by atoms with Crippen molar-refractivity contribution in [3.63, 3.8) is 0 Å². The highest BCUT2D eigenvalue weighted by molar-refractivity contribution is 5.80. The van der Waals surface area contributed by atoms with Crippen LogP contribution in [0.2, 0.25) is 0 Å². The van der Waals surface area contributed by atoms with E-state index in [1.54, 1.807) is 7.11 Å². The highest BCUT2D eigenvalue weighted by Crippen LogP contribution is 2.23. The number of pyridine rings is 1. The fourth-order valence-corrected chi connectivity index (χ4v) is 2.95. The highest BCUT2D eigenvalue weighted by Gasteiger charge is 2.05. The Labute approximate surface area is 162 Å². The molecule has 5 heteroatoms. The summed E-state index contributed by atoms with van der Waals surface area (Å²) in [5, 5.41) is 4.24. The molecule has 0 fully saturated rings. The van der Waals surface area contributed by atoms with Crippen LogP contribution in [0.1, 0.15) is 5.56 Å². The molecule has 0 bridgehead atoms. The Morgan fingerprint density at radius 1 is 0.857 bits per heavy atom. The Kier molecular flexibility index (Phi) is 4.97. The van der Waals surface area contributed by atoms with Crippen molar-refractivity contribution < 1.29 is 9.47 Å². The van der Waals surface area contributed by atoms with Crippen LogP contribution in [0.4, 0.5) is 5.69 Å². The lowest BCUT2D eigenvalue weighted by Gasteiger charge is -2.09. The van der Waals surface area contributed by atoms with Gasteiger partial charge >= 0.3 is 0 Å². The molecule has 0 saturated heterocycles. The maximum absolute atomic E-state index is 12.4. The van der Waals surface area contributed by atoms with Crippen LogP contribution >= 0.6 is 0 Å². The van der Waals surface area contributed by atoms with Crippen molar-refractivity contribution in [2.75, 3.05) is 12.4 Å². The number of rotatable bonds is 6. The van der Waals surface area contributed by atoms with E-state index in [1.807, 2.05) is 78.9 Å². The Morgan fingerprint density at radius 2 is 1.57 bits per heavy atom. The Morgan fingerprint density at radius 3 is 2.32 bits per heavy atom. The first-order valence-corrected chi connectivity index (χ1v) is 8.98. The molecule has 0 radical (unpaired) electrons. The van der Waals surface area contributed by atoms with Crippen LogP contribution in [0.15, 0.2) is 83.7 Å². The fourth-order valence-electron chi connectivity index (χ4n) is 2.95. The van der Waals surface area contributed by atoms with Crippen LogP contribution in [0, 0.1) is 0 Å². The summed E-state index contributed by atoms with van der Waals surface area (Å²) in [6.07, 6.45) is 0. The van der Waals surface area contributed by atoms with Gasteiger partial charge < -0.3 is 19.8 Å². The number of ether oxygens (including phenoxy) is 2. The Balaban J connectivity index is 1.45. The van der Waals surface area contributed by atoms with Gasteiger partial charge in [-0.3, -0.25) is 4.79 Å². The zero-order valence-electron chi connectivity index (χ0n) is 15.4. The molecule has 0 unspecified atom stereocenters. The molecule has 0 amide bonds. The number of aromatic nitrogens is 1. The van der Waals surface area contributed by atoms with E-state index >= 15 is 0 Å². The predicted octanol–water partition coefficient (Wildman–Crippen LogP) is 4.94. The third-order valence-corrected chi connectivity index (χ3v) is 4.45. The summed E-state index contributed by atoms with van der Waals surface area (Å²) in [6.45, 7) is 0.427. The molecule has 4 aromatic rings. The van der Waals surface area contributed by atoms with E-state index in [2.05, 4.69) is 10.3 Å². The number of benzene rings is 3. The molecule has 4 rings (SSSR count). The van der Waals surface area contributed by atoms with Crippen molar-refractivity contribution >= 4 is 16.6 Å². The maximum Gasteiger partial charge on any atom is 0.253 e. The first-order valence-electron chi connectivity index (χ1n) is 8.98. The second kappa shape index (κ2) is 7.88. The fraction of sp³-hybridized carbons (Fsp3) is 0.0870. The van der Waals surface area contributed by atoms with E-state index in [0.29, 0.717) is 17.9 Å². The van der Waals surface area contributed by atoms with E-state index in [-0.39, 0.29) is 5.56 Å². The smallest absolute Gasteiger partial charge is 0.253 e. The second-order valence-corrected chi connectivity index (χ2v) is 6.37. The zero-order valence-corrected chi connectivity index (χ0v) is 15.4. The third kappa shape index (κ3) is 3.99. The lowest BCUT2D eigenvalue weighted by molar-refractivity contribution is 0.415. The quantitative estimate of drug-likeness (QED) is 0.503. The van der Waals surface area contributed by atoms with Crippen LogP contribution in [0.3, 0.4) is 0 Å². The largest absolute Gasteiger partial charge is 0.497 e. The number of hydrogen-bond donors (Lipinski definition) is 2. The molecule has 5 nitrogen and oxygen atoms in total. The highest BCUT2D eigenvalue weighted by atomic mass is 16.5. The summed E-state index contributed by atoms with van der Waals surface area (Å²) >= 11 is 0. The molecular formula is C23H20N2O3. The lowest BCUT2D eigenvalue weighted by Crippen LogP contribution is -2.15. The minimum atomic E-state index is -0.114. The van der Waals surface area contributed by atoms with E-state index in [0.717, 1.165) is 28.1 Å². The van der Waals surface area contributed by atoms with Gasteiger partial charge in [0, 0.05) is 23.9 Å². The number of anilines is 1. The molecule has 1 aromatic heterocycles. The number of H-pyrrole nitrogens is 1. The van der Waals surface area contributed by atoms with Crippen LogP contribution < -0.4 is 20.3 Å². The molecule has 28 heavy (non-hydrogen) atoms. The molecule has 0 spiro atoms. The van der Waals surface area contributed by atoms with Crippen molar-refractivity contribution in [3.05, 3.63) is 94.8 Å². The maximum atomic E-state index is 12.4. The molecule has 0 atom stereocenters. The summed E-state index contributed by atoms with van der Waals surface area (Å²) in [5.74, 6) is 2.27. The van der Waals surface area contributed by atoms with Gasteiger partial charge in [-0.1, -0.05) is 18.2 Å². The number of para-hydroxylation sites is 1. The van der Waals surface area contributed by atoms with Gasteiger partial charge in [0.15, 0.2) is 0 Å². The van der Waals surface area contributed by atoms with Crippen molar-refractivity contribution in [1.29, 1.82) is 0 Å². The first-order chi connectivity index (χ1) is 13.7. The number of methoxy groups -OCH3 is 1.